The average molecular weight is 329 g/mol. The lowest BCUT2D eigenvalue weighted by atomic mass is 10.1. The molecule has 2 aromatic carbocycles. The van der Waals surface area contributed by atoms with Crippen molar-refractivity contribution in [2.24, 2.45) is 0 Å². The van der Waals surface area contributed by atoms with E-state index >= 15 is 0 Å². The normalized spacial score (nSPS) is 14.1. The van der Waals surface area contributed by atoms with Gasteiger partial charge in [0.15, 0.2) is 11.5 Å². The van der Waals surface area contributed by atoms with Crippen LogP contribution < -0.4 is 24.3 Å². The van der Waals surface area contributed by atoms with Gasteiger partial charge in [0.2, 0.25) is 0 Å². The van der Waals surface area contributed by atoms with Crippen LogP contribution >= 0.6 is 0 Å². The van der Waals surface area contributed by atoms with Crippen molar-refractivity contribution in [2.75, 3.05) is 27.4 Å². The van der Waals surface area contributed by atoms with Crippen molar-refractivity contribution in [1.29, 1.82) is 0 Å². The van der Waals surface area contributed by atoms with Gasteiger partial charge in [0.05, 0.1) is 14.2 Å². The molecule has 0 saturated carbocycles. The second-order valence-corrected chi connectivity index (χ2v) is 5.65. The molecule has 0 saturated heterocycles. The van der Waals surface area contributed by atoms with Crippen LogP contribution in [0.3, 0.4) is 0 Å². The molecular formula is C19H23NO4. The molecule has 1 heterocycles. The Kier molecular flexibility index (Phi) is 5.11. The summed E-state index contributed by atoms with van der Waals surface area (Å²) in [4.78, 5) is 0. The van der Waals surface area contributed by atoms with Crippen molar-refractivity contribution in [3.05, 3.63) is 47.5 Å². The molecule has 0 aromatic heterocycles. The highest BCUT2D eigenvalue weighted by Gasteiger charge is 2.17. The van der Waals surface area contributed by atoms with Crippen LogP contribution in [0.15, 0.2) is 36.4 Å². The van der Waals surface area contributed by atoms with Crippen LogP contribution in [-0.2, 0) is 6.54 Å². The summed E-state index contributed by atoms with van der Waals surface area (Å²) < 4.78 is 22.2. The zero-order chi connectivity index (χ0) is 16.9. The van der Waals surface area contributed by atoms with Gasteiger partial charge in [-0.3, -0.25) is 0 Å². The molecule has 3 rings (SSSR count). The fourth-order valence-corrected chi connectivity index (χ4v) is 2.82. The van der Waals surface area contributed by atoms with Crippen LogP contribution in [0.25, 0.3) is 0 Å². The van der Waals surface area contributed by atoms with Crippen LogP contribution in [0.4, 0.5) is 0 Å². The van der Waals surface area contributed by atoms with Gasteiger partial charge in [0, 0.05) is 23.7 Å². The lowest BCUT2D eigenvalue weighted by molar-refractivity contribution is 0.169. The minimum atomic E-state index is 0.0930. The zero-order valence-electron chi connectivity index (χ0n) is 14.3. The minimum absolute atomic E-state index is 0.0930. The van der Waals surface area contributed by atoms with Crippen molar-refractivity contribution >= 4 is 0 Å². The van der Waals surface area contributed by atoms with Crippen LogP contribution in [0.5, 0.6) is 23.0 Å². The number of methoxy groups -OCH3 is 2. The van der Waals surface area contributed by atoms with Gasteiger partial charge >= 0.3 is 0 Å². The standard InChI is InChI=1S/C19H23NO4/c1-13(16-11-15(21-2)7-8-17(16)22-3)20-12-14-5-4-6-18-19(14)24-10-9-23-18/h4-8,11,13,20H,9-10,12H2,1-3H3. The summed E-state index contributed by atoms with van der Waals surface area (Å²) in [6, 6.07) is 11.9. The molecule has 0 bridgehead atoms. The van der Waals surface area contributed by atoms with E-state index in [1.54, 1.807) is 14.2 Å². The van der Waals surface area contributed by atoms with E-state index in [4.69, 9.17) is 18.9 Å². The third-order valence-electron chi connectivity index (χ3n) is 4.15. The Morgan fingerprint density at radius 1 is 1.08 bits per heavy atom. The molecular weight excluding hydrogens is 306 g/mol. The Hall–Kier alpha value is -2.40. The summed E-state index contributed by atoms with van der Waals surface area (Å²) in [5, 5.41) is 3.52. The molecule has 1 unspecified atom stereocenters. The summed E-state index contributed by atoms with van der Waals surface area (Å²) in [5.74, 6) is 3.30. The first-order valence-electron chi connectivity index (χ1n) is 8.05. The summed E-state index contributed by atoms with van der Waals surface area (Å²) in [6.45, 7) is 3.96. The number of fused-ring (bicyclic) bond motifs is 1. The quantitative estimate of drug-likeness (QED) is 0.881. The smallest absolute Gasteiger partial charge is 0.165 e. The van der Waals surface area contributed by atoms with Gasteiger partial charge in [-0.1, -0.05) is 12.1 Å². The predicted molar refractivity (Wildman–Crippen MR) is 92.2 cm³/mol. The van der Waals surface area contributed by atoms with Gasteiger partial charge < -0.3 is 24.3 Å². The maximum atomic E-state index is 5.76. The number of benzene rings is 2. The number of ether oxygens (including phenoxy) is 4. The second kappa shape index (κ2) is 7.45. The molecule has 2 aromatic rings. The number of rotatable bonds is 6. The fourth-order valence-electron chi connectivity index (χ4n) is 2.82. The minimum Gasteiger partial charge on any atom is -0.497 e. The van der Waals surface area contributed by atoms with E-state index in [1.165, 1.54) is 0 Å². The monoisotopic (exact) mass is 329 g/mol. The van der Waals surface area contributed by atoms with Crippen molar-refractivity contribution in [3.8, 4) is 23.0 Å². The van der Waals surface area contributed by atoms with Crippen LogP contribution in [-0.4, -0.2) is 27.4 Å². The van der Waals surface area contributed by atoms with Gasteiger partial charge in [-0.05, 0) is 31.2 Å². The van der Waals surface area contributed by atoms with E-state index in [9.17, 15) is 0 Å². The van der Waals surface area contributed by atoms with Gasteiger partial charge in [-0.15, -0.1) is 0 Å². The molecule has 1 aliphatic rings. The first-order valence-corrected chi connectivity index (χ1v) is 8.05. The highest BCUT2D eigenvalue weighted by atomic mass is 16.6. The molecule has 1 N–H and O–H groups in total. The Labute approximate surface area is 142 Å². The lowest BCUT2D eigenvalue weighted by Gasteiger charge is -2.23. The topological polar surface area (TPSA) is 49.0 Å². The van der Waals surface area contributed by atoms with E-state index in [0.29, 0.717) is 19.8 Å². The second-order valence-electron chi connectivity index (χ2n) is 5.65. The van der Waals surface area contributed by atoms with Crippen LogP contribution in [0.2, 0.25) is 0 Å². The van der Waals surface area contributed by atoms with E-state index in [1.807, 2.05) is 30.3 Å². The van der Waals surface area contributed by atoms with Crippen molar-refractivity contribution in [3.63, 3.8) is 0 Å². The molecule has 24 heavy (non-hydrogen) atoms. The first-order chi connectivity index (χ1) is 11.7. The molecule has 1 atom stereocenters. The predicted octanol–water partition coefficient (Wildman–Crippen LogP) is 3.33. The summed E-state index contributed by atoms with van der Waals surface area (Å²) in [7, 11) is 3.34. The SMILES string of the molecule is COc1ccc(OC)c(C(C)NCc2cccc3c2OCCO3)c1. The lowest BCUT2D eigenvalue weighted by Crippen LogP contribution is -2.21. The number of nitrogens with one attached hydrogen (secondary N) is 1. The van der Waals surface area contributed by atoms with Gasteiger partial charge in [-0.2, -0.15) is 0 Å². The third kappa shape index (κ3) is 3.41. The van der Waals surface area contributed by atoms with Gasteiger partial charge in [0.25, 0.3) is 0 Å². The van der Waals surface area contributed by atoms with E-state index < -0.39 is 0 Å². The van der Waals surface area contributed by atoms with Crippen LogP contribution in [0.1, 0.15) is 24.1 Å². The van der Waals surface area contributed by atoms with Crippen molar-refractivity contribution in [2.45, 2.75) is 19.5 Å². The van der Waals surface area contributed by atoms with Crippen LogP contribution in [0, 0.1) is 0 Å². The molecule has 0 spiro atoms. The van der Waals surface area contributed by atoms with E-state index in [2.05, 4.69) is 18.3 Å². The van der Waals surface area contributed by atoms with Crippen molar-refractivity contribution in [1.82, 2.24) is 5.32 Å². The molecule has 0 radical (unpaired) electrons. The molecule has 5 nitrogen and oxygen atoms in total. The Morgan fingerprint density at radius 3 is 2.71 bits per heavy atom. The van der Waals surface area contributed by atoms with E-state index in [0.717, 1.165) is 34.1 Å². The molecule has 1 aliphatic heterocycles. The maximum absolute atomic E-state index is 5.76. The molecule has 128 valence electrons. The van der Waals surface area contributed by atoms with E-state index in [-0.39, 0.29) is 6.04 Å². The average Bonchev–Trinajstić information content (AvgIpc) is 2.65. The summed E-state index contributed by atoms with van der Waals surface area (Å²) in [6.07, 6.45) is 0. The molecule has 0 fully saturated rings. The highest BCUT2D eigenvalue weighted by Crippen LogP contribution is 2.34. The number of hydrogen-bond donors (Lipinski definition) is 1. The number of para-hydroxylation sites is 1. The van der Waals surface area contributed by atoms with Gasteiger partial charge in [0.1, 0.15) is 24.7 Å². The largest absolute Gasteiger partial charge is 0.497 e. The zero-order valence-corrected chi connectivity index (χ0v) is 14.3. The molecule has 0 amide bonds. The Balaban J connectivity index is 1.75. The maximum Gasteiger partial charge on any atom is 0.165 e. The molecule has 0 aliphatic carbocycles. The Bertz CT molecular complexity index is 702. The summed E-state index contributed by atoms with van der Waals surface area (Å²) >= 11 is 0. The fraction of sp³-hybridized carbons (Fsp3) is 0.368. The molecule has 5 heteroatoms. The van der Waals surface area contributed by atoms with Gasteiger partial charge in [-0.25, -0.2) is 0 Å². The summed E-state index contributed by atoms with van der Waals surface area (Å²) in [5.41, 5.74) is 2.14. The first kappa shape index (κ1) is 16.5. The van der Waals surface area contributed by atoms with Crippen molar-refractivity contribution < 1.29 is 18.9 Å². The third-order valence-corrected chi connectivity index (χ3v) is 4.15. The highest BCUT2D eigenvalue weighted by molar-refractivity contribution is 5.47. The number of hydrogen-bond acceptors (Lipinski definition) is 5. The Morgan fingerprint density at radius 2 is 1.92 bits per heavy atom.